The number of amides is 1. The maximum Gasteiger partial charge on any atom is 0.411 e. The van der Waals surface area contributed by atoms with E-state index in [2.05, 4.69) is 70.9 Å². The molecule has 3 aromatic carbocycles. The molecule has 4 nitrogen and oxygen atoms in total. The summed E-state index contributed by atoms with van der Waals surface area (Å²) in [6, 6.07) is 25.3. The zero-order valence-electron chi connectivity index (χ0n) is 18.0. The standard InChI is InChI=1S/C27H27FN2O2/c28-13-16-32-27(31)29-21-17-24-22(19-7-3-1-4-8-19)11-14-30-15-12-23(25(18-21)26(24)30)20-9-5-2-6-10-20/h1-10,17-18,22-23H,11-16H2,(H,29,31)/t22-,23-/m0/s1. The molecule has 2 heterocycles. The van der Waals surface area contributed by atoms with Gasteiger partial charge in [0.2, 0.25) is 0 Å². The van der Waals surface area contributed by atoms with Crippen LogP contribution >= 0.6 is 0 Å². The number of hydrogen-bond donors (Lipinski definition) is 1. The van der Waals surface area contributed by atoms with Crippen molar-refractivity contribution in [1.82, 2.24) is 0 Å². The van der Waals surface area contributed by atoms with E-state index in [1.807, 2.05) is 12.1 Å². The van der Waals surface area contributed by atoms with Gasteiger partial charge in [-0.25, -0.2) is 9.18 Å². The van der Waals surface area contributed by atoms with Gasteiger partial charge in [0.25, 0.3) is 0 Å². The smallest absolute Gasteiger partial charge is 0.411 e. The number of hydrogen-bond acceptors (Lipinski definition) is 3. The van der Waals surface area contributed by atoms with Gasteiger partial charge in [-0.3, -0.25) is 5.32 Å². The third-order valence-electron chi connectivity index (χ3n) is 6.57. The van der Waals surface area contributed by atoms with Crippen molar-refractivity contribution in [2.75, 3.05) is 36.6 Å². The molecule has 1 N–H and O–H groups in total. The molecule has 0 saturated carbocycles. The predicted octanol–water partition coefficient (Wildman–Crippen LogP) is 6.08. The Morgan fingerprint density at radius 1 is 0.906 bits per heavy atom. The van der Waals surface area contributed by atoms with Gasteiger partial charge < -0.3 is 9.64 Å². The molecule has 2 aliphatic heterocycles. The van der Waals surface area contributed by atoms with E-state index in [-0.39, 0.29) is 18.4 Å². The van der Waals surface area contributed by atoms with Crippen LogP contribution in [-0.4, -0.2) is 32.5 Å². The van der Waals surface area contributed by atoms with E-state index in [1.54, 1.807) is 0 Å². The number of nitrogens with one attached hydrogen (secondary N) is 1. The second-order valence-electron chi connectivity index (χ2n) is 8.44. The Labute approximate surface area is 188 Å². The molecule has 2 atom stereocenters. The van der Waals surface area contributed by atoms with Crippen LogP contribution in [0, 0.1) is 0 Å². The molecule has 0 spiro atoms. The van der Waals surface area contributed by atoms with Crippen LogP contribution < -0.4 is 10.2 Å². The molecule has 0 fully saturated rings. The molecule has 1 amide bonds. The lowest BCUT2D eigenvalue weighted by Crippen LogP contribution is -2.37. The summed E-state index contributed by atoms with van der Waals surface area (Å²) in [6.07, 6.45) is 1.44. The lowest BCUT2D eigenvalue weighted by atomic mass is 9.76. The number of alkyl halides is 1. The maximum atomic E-state index is 12.5. The summed E-state index contributed by atoms with van der Waals surface area (Å²) in [5.74, 6) is 0.527. The second kappa shape index (κ2) is 9.03. The summed E-state index contributed by atoms with van der Waals surface area (Å²) < 4.78 is 17.4. The Hall–Kier alpha value is -3.34. The first-order valence-electron chi connectivity index (χ1n) is 11.3. The lowest BCUT2D eigenvalue weighted by molar-refractivity contribution is 0.152. The zero-order chi connectivity index (χ0) is 21.9. The van der Waals surface area contributed by atoms with Crippen molar-refractivity contribution in [2.24, 2.45) is 0 Å². The number of carbonyl (C=O) groups is 1. The van der Waals surface area contributed by atoms with E-state index in [1.165, 1.54) is 27.9 Å². The number of halogens is 1. The van der Waals surface area contributed by atoms with Gasteiger partial charge >= 0.3 is 6.09 Å². The van der Waals surface area contributed by atoms with Crippen LogP contribution in [0.15, 0.2) is 72.8 Å². The van der Waals surface area contributed by atoms with Crippen LogP contribution in [0.25, 0.3) is 0 Å². The van der Waals surface area contributed by atoms with E-state index in [9.17, 15) is 9.18 Å². The maximum absolute atomic E-state index is 12.5. The third-order valence-corrected chi connectivity index (χ3v) is 6.57. The van der Waals surface area contributed by atoms with E-state index in [0.29, 0.717) is 5.69 Å². The minimum atomic E-state index is -0.690. The summed E-state index contributed by atoms with van der Waals surface area (Å²) in [4.78, 5) is 14.7. The first kappa shape index (κ1) is 20.6. The molecule has 0 aromatic heterocycles. The van der Waals surface area contributed by atoms with Crippen LogP contribution in [0.1, 0.15) is 46.9 Å². The van der Waals surface area contributed by atoms with Gasteiger partial charge in [-0.2, -0.15) is 0 Å². The lowest BCUT2D eigenvalue weighted by Gasteiger charge is -2.43. The first-order valence-corrected chi connectivity index (χ1v) is 11.3. The highest BCUT2D eigenvalue weighted by molar-refractivity contribution is 5.86. The summed E-state index contributed by atoms with van der Waals surface area (Å²) in [5.41, 5.74) is 7.05. The Morgan fingerprint density at radius 3 is 1.94 bits per heavy atom. The molecule has 0 radical (unpaired) electrons. The molecule has 0 unspecified atom stereocenters. The number of rotatable bonds is 5. The number of benzene rings is 3. The zero-order valence-corrected chi connectivity index (χ0v) is 18.0. The minimum absolute atomic E-state index is 0.239. The second-order valence-corrected chi connectivity index (χ2v) is 8.44. The fourth-order valence-corrected chi connectivity index (χ4v) is 5.21. The topological polar surface area (TPSA) is 41.6 Å². The van der Waals surface area contributed by atoms with E-state index < -0.39 is 12.8 Å². The van der Waals surface area contributed by atoms with Gasteiger partial charge in [0, 0.05) is 36.3 Å². The van der Waals surface area contributed by atoms with Gasteiger partial charge in [-0.1, -0.05) is 60.7 Å². The fourth-order valence-electron chi connectivity index (χ4n) is 5.21. The van der Waals surface area contributed by atoms with Gasteiger partial charge in [0.1, 0.15) is 13.3 Å². The first-order chi connectivity index (χ1) is 15.7. The normalized spacial score (nSPS) is 19.2. The third kappa shape index (κ3) is 3.95. The van der Waals surface area contributed by atoms with Crippen molar-refractivity contribution in [1.29, 1.82) is 0 Å². The largest absolute Gasteiger partial charge is 0.447 e. The molecule has 32 heavy (non-hydrogen) atoms. The van der Waals surface area contributed by atoms with Gasteiger partial charge in [-0.15, -0.1) is 0 Å². The molecule has 3 aromatic rings. The van der Waals surface area contributed by atoms with Crippen molar-refractivity contribution < 1.29 is 13.9 Å². The quantitative estimate of drug-likeness (QED) is 0.533. The summed E-state index contributed by atoms with van der Waals surface area (Å²) in [5, 5.41) is 2.84. The average molecular weight is 431 g/mol. The SMILES string of the molecule is O=C(Nc1cc2c3c(c1)[C@H](c1ccccc1)CCN3CC[C@H]2c1ccccc1)OCCF. The Kier molecular flexibility index (Phi) is 5.80. The minimum Gasteiger partial charge on any atom is -0.447 e. The Morgan fingerprint density at radius 2 is 1.44 bits per heavy atom. The molecular formula is C27H27FN2O2. The van der Waals surface area contributed by atoms with Crippen LogP contribution in [-0.2, 0) is 4.74 Å². The number of ether oxygens (including phenoxy) is 1. The van der Waals surface area contributed by atoms with Crippen molar-refractivity contribution in [3.8, 4) is 0 Å². The fraction of sp³-hybridized carbons (Fsp3) is 0.296. The van der Waals surface area contributed by atoms with Crippen LogP contribution in [0.3, 0.4) is 0 Å². The summed E-state index contributed by atoms with van der Waals surface area (Å²) in [7, 11) is 0. The van der Waals surface area contributed by atoms with Crippen molar-refractivity contribution in [3.63, 3.8) is 0 Å². The van der Waals surface area contributed by atoms with Crippen molar-refractivity contribution in [2.45, 2.75) is 24.7 Å². The number of anilines is 2. The Bertz CT molecular complexity index is 1010. The summed E-state index contributed by atoms with van der Waals surface area (Å²) in [6.45, 7) is 1.11. The Balaban J connectivity index is 1.62. The highest BCUT2D eigenvalue weighted by Crippen LogP contribution is 2.49. The molecule has 2 aliphatic rings. The van der Waals surface area contributed by atoms with Crippen LogP contribution in [0.4, 0.5) is 20.6 Å². The van der Waals surface area contributed by atoms with Crippen LogP contribution in [0.5, 0.6) is 0 Å². The van der Waals surface area contributed by atoms with E-state index >= 15 is 0 Å². The highest BCUT2D eigenvalue weighted by atomic mass is 19.1. The van der Waals surface area contributed by atoms with Crippen molar-refractivity contribution >= 4 is 17.5 Å². The molecule has 0 aliphatic carbocycles. The average Bonchev–Trinajstić information content (AvgIpc) is 2.84. The predicted molar refractivity (Wildman–Crippen MR) is 125 cm³/mol. The van der Waals surface area contributed by atoms with Crippen LogP contribution in [0.2, 0.25) is 0 Å². The molecule has 5 heteroatoms. The van der Waals surface area contributed by atoms with Gasteiger partial charge in [0.05, 0.1) is 0 Å². The van der Waals surface area contributed by atoms with Gasteiger partial charge in [-0.05, 0) is 47.2 Å². The van der Waals surface area contributed by atoms with E-state index in [0.717, 1.165) is 25.9 Å². The molecular weight excluding hydrogens is 403 g/mol. The molecule has 0 saturated heterocycles. The highest BCUT2D eigenvalue weighted by Gasteiger charge is 2.35. The molecule has 0 bridgehead atoms. The van der Waals surface area contributed by atoms with Crippen molar-refractivity contribution in [3.05, 3.63) is 95.1 Å². The molecule has 5 rings (SSSR count). The number of nitrogens with zero attached hydrogens (tertiary/aromatic N) is 1. The number of carbonyl (C=O) groups excluding carboxylic acids is 1. The monoisotopic (exact) mass is 430 g/mol. The molecule has 164 valence electrons. The van der Waals surface area contributed by atoms with Gasteiger partial charge in [0.15, 0.2) is 0 Å². The van der Waals surface area contributed by atoms with E-state index in [4.69, 9.17) is 4.74 Å². The summed E-state index contributed by atoms with van der Waals surface area (Å²) >= 11 is 0.